The minimum Gasteiger partial charge on any atom is -0.454 e. The van der Waals surface area contributed by atoms with Gasteiger partial charge in [-0.15, -0.1) is 0 Å². The molecule has 0 bridgehead atoms. The van der Waals surface area contributed by atoms with Gasteiger partial charge in [-0.1, -0.05) is 54.6 Å². The second-order valence-corrected chi connectivity index (χ2v) is 7.84. The van der Waals surface area contributed by atoms with Crippen molar-refractivity contribution in [1.82, 2.24) is 4.98 Å². The maximum absolute atomic E-state index is 13.2. The van der Waals surface area contributed by atoms with Crippen LogP contribution < -0.4 is 14.4 Å². The number of hydrogen-bond donors (Lipinski definition) is 0. The molecule has 1 aliphatic rings. The van der Waals surface area contributed by atoms with Crippen molar-refractivity contribution >= 4 is 11.6 Å². The monoisotopic (exact) mass is 440 g/mol. The number of para-hydroxylation sites is 1. The van der Waals surface area contributed by atoms with Crippen LogP contribution in [0.3, 0.4) is 0 Å². The fraction of sp³-hybridized carbons (Fsp3) is 0.185. The third-order valence-corrected chi connectivity index (χ3v) is 5.54. The molecule has 0 unspecified atom stereocenters. The van der Waals surface area contributed by atoms with Gasteiger partial charge < -0.3 is 18.8 Å². The molecule has 0 radical (unpaired) electrons. The highest BCUT2D eigenvalue weighted by atomic mass is 16.7. The van der Waals surface area contributed by atoms with Crippen molar-refractivity contribution in [3.05, 3.63) is 96.5 Å². The minimum atomic E-state index is 0.0497. The Balaban J connectivity index is 1.24. The number of anilines is 1. The number of nitrogens with zero attached hydrogens (tertiary/aromatic N) is 2. The molecule has 0 spiro atoms. The van der Waals surface area contributed by atoms with Gasteiger partial charge in [0, 0.05) is 24.1 Å². The molecular formula is C27H24N2O4. The Morgan fingerprint density at radius 2 is 1.67 bits per heavy atom. The molecule has 0 N–H and O–H groups in total. The number of hydrogen-bond acceptors (Lipinski definition) is 5. The van der Waals surface area contributed by atoms with Crippen molar-refractivity contribution in [1.29, 1.82) is 0 Å². The molecule has 166 valence electrons. The van der Waals surface area contributed by atoms with Gasteiger partial charge in [0.15, 0.2) is 23.1 Å². The van der Waals surface area contributed by atoms with Gasteiger partial charge in [0.05, 0.1) is 12.7 Å². The Bertz CT molecular complexity index is 1220. The van der Waals surface area contributed by atoms with Crippen LogP contribution in [0.15, 0.2) is 89.5 Å². The molecule has 1 amide bonds. The maximum Gasteiger partial charge on any atom is 0.231 e. The number of carbonyl (C=O) groups excluding carboxylic acids is 1. The fourth-order valence-electron chi connectivity index (χ4n) is 3.84. The highest BCUT2D eigenvalue weighted by Crippen LogP contribution is 2.33. The number of rotatable bonds is 8. The number of aromatic nitrogens is 1. The van der Waals surface area contributed by atoms with Gasteiger partial charge in [0.1, 0.15) is 0 Å². The highest BCUT2D eigenvalue weighted by Gasteiger charge is 2.19. The van der Waals surface area contributed by atoms with E-state index in [1.54, 1.807) is 6.20 Å². The first-order valence-corrected chi connectivity index (χ1v) is 11.0. The Labute approximate surface area is 192 Å². The van der Waals surface area contributed by atoms with Crippen LogP contribution in [0.1, 0.15) is 24.3 Å². The van der Waals surface area contributed by atoms with Crippen LogP contribution in [0.25, 0.3) is 11.3 Å². The molecule has 3 aromatic carbocycles. The molecule has 1 aliphatic heterocycles. The summed E-state index contributed by atoms with van der Waals surface area (Å²) >= 11 is 0. The average Bonchev–Trinajstić information content (AvgIpc) is 3.53. The first kappa shape index (κ1) is 20.8. The van der Waals surface area contributed by atoms with E-state index in [-0.39, 0.29) is 12.7 Å². The van der Waals surface area contributed by atoms with E-state index in [0.29, 0.717) is 37.4 Å². The van der Waals surface area contributed by atoms with E-state index < -0.39 is 0 Å². The summed E-state index contributed by atoms with van der Waals surface area (Å²) in [5, 5.41) is 0. The zero-order chi connectivity index (χ0) is 22.5. The van der Waals surface area contributed by atoms with Crippen molar-refractivity contribution in [3.8, 4) is 22.8 Å². The molecule has 1 aromatic heterocycles. The first-order chi connectivity index (χ1) is 16.3. The summed E-state index contributed by atoms with van der Waals surface area (Å²) in [5.74, 6) is 2.88. The zero-order valence-electron chi connectivity index (χ0n) is 18.1. The van der Waals surface area contributed by atoms with Gasteiger partial charge in [0.2, 0.25) is 12.7 Å². The van der Waals surface area contributed by atoms with Crippen LogP contribution in [0.4, 0.5) is 5.69 Å². The molecule has 2 heterocycles. The molecule has 0 fully saturated rings. The summed E-state index contributed by atoms with van der Waals surface area (Å²) in [6, 6.07) is 25.4. The number of oxazole rings is 1. The lowest BCUT2D eigenvalue weighted by Crippen LogP contribution is -2.30. The smallest absolute Gasteiger partial charge is 0.231 e. The van der Waals surface area contributed by atoms with Gasteiger partial charge in [-0.05, 0) is 36.2 Å². The van der Waals surface area contributed by atoms with Gasteiger partial charge in [-0.2, -0.15) is 0 Å². The summed E-state index contributed by atoms with van der Waals surface area (Å²) < 4.78 is 16.8. The summed E-state index contributed by atoms with van der Waals surface area (Å²) in [6.45, 7) is 0.684. The van der Waals surface area contributed by atoms with E-state index in [0.717, 1.165) is 28.3 Å². The molecule has 6 nitrogen and oxygen atoms in total. The second kappa shape index (κ2) is 9.61. The van der Waals surface area contributed by atoms with Gasteiger partial charge >= 0.3 is 0 Å². The van der Waals surface area contributed by atoms with Gasteiger partial charge in [-0.3, -0.25) is 4.79 Å². The number of carbonyl (C=O) groups is 1. The summed E-state index contributed by atoms with van der Waals surface area (Å²) in [6.07, 6.45) is 3.38. The topological polar surface area (TPSA) is 64.8 Å². The lowest BCUT2D eigenvalue weighted by atomic mass is 10.1. The zero-order valence-corrected chi connectivity index (χ0v) is 18.1. The predicted molar refractivity (Wildman–Crippen MR) is 125 cm³/mol. The molecule has 4 aromatic rings. The van der Waals surface area contributed by atoms with E-state index >= 15 is 0 Å². The van der Waals surface area contributed by atoms with E-state index in [9.17, 15) is 4.79 Å². The quantitative estimate of drug-likeness (QED) is 0.355. The Kier molecular flexibility index (Phi) is 6.06. The van der Waals surface area contributed by atoms with Crippen molar-refractivity contribution < 1.29 is 18.7 Å². The van der Waals surface area contributed by atoms with E-state index in [4.69, 9.17) is 13.9 Å². The average molecular weight is 440 g/mol. The molecular weight excluding hydrogens is 416 g/mol. The van der Waals surface area contributed by atoms with Crippen LogP contribution in [0.2, 0.25) is 0 Å². The summed E-state index contributed by atoms with van der Waals surface area (Å²) in [7, 11) is 0. The lowest BCUT2D eigenvalue weighted by Gasteiger charge is -2.23. The molecule has 0 aliphatic carbocycles. The number of aryl methyl sites for hydroxylation is 1. The minimum absolute atomic E-state index is 0.0497. The Morgan fingerprint density at radius 1 is 0.909 bits per heavy atom. The van der Waals surface area contributed by atoms with Crippen LogP contribution in [-0.2, 0) is 17.8 Å². The van der Waals surface area contributed by atoms with Crippen molar-refractivity contribution in [2.75, 3.05) is 11.7 Å². The van der Waals surface area contributed by atoms with Gasteiger partial charge in [0.25, 0.3) is 0 Å². The SMILES string of the molecule is O=C(CCCc1ncc(-c2ccccc2)o1)N(Cc1ccc2c(c1)OCO2)c1ccccc1. The van der Waals surface area contributed by atoms with Crippen LogP contribution >= 0.6 is 0 Å². The lowest BCUT2D eigenvalue weighted by molar-refractivity contribution is -0.118. The van der Waals surface area contributed by atoms with Crippen molar-refractivity contribution in [2.45, 2.75) is 25.8 Å². The summed E-state index contributed by atoms with van der Waals surface area (Å²) in [4.78, 5) is 19.4. The first-order valence-electron chi connectivity index (χ1n) is 11.0. The second-order valence-electron chi connectivity index (χ2n) is 7.84. The molecule has 33 heavy (non-hydrogen) atoms. The molecule has 0 atom stereocenters. The number of fused-ring (bicyclic) bond motifs is 1. The van der Waals surface area contributed by atoms with Crippen LogP contribution in [0.5, 0.6) is 11.5 Å². The van der Waals surface area contributed by atoms with Crippen molar-refractivity contribution in [3.63, 3.8) is 0 Å². The third kappa shape index (κ3) is 4.90. The standard InChI is InChI=1S/C27H24N2O4/c30-27(13-7-12-26-28-17-25(33-26)21-8-3-1-4-9-21)29(22-10-5-2-6-11-22)18-20-14-15-23-24(16-20)32-19-31-23/h1-6,8-11,14-17H,7,12-13,18-19H2. The fourth-order valence-corrected chi connectivity index (χ4v) is 3.84. The number of benzene rings is 3. The molecule has 0 saturated heterocycles. The van der Waals surface area contributed by atoms with E-state index in [2.05, 4.69) is 4.98 Å². The van der Waals surface area contributed by atoms with Crippen molar-refractivity contribution in [2.24, 2.45) is 0 Å². The number of ether oxygens (including phenoxy) is 2. The largest absolute Gasteiger partial charge is 0.454 e. The molecule has 5 rings (SSSR count). The molecule has 6 heteroatoms. The highest BCUT2D eigenvalue weighted by molar-refractivity contribution is 5.93. The number of amides is 1. The van der Waals surface area contributed by atoms with E-state index in [1.165, 1.54) is 0 Å². The maximum atomic E-state index is 13.2. The van der Waals surface area contributed by atoms with Crippen LogP contribution in [-0.4, -0.2) is 17.7 Å². The van der Waals surface area contributed by atoms with E-state index in [1.807, 2.05) is 83.8 Å². The third-order valence-electron chi connectivity index (χ3n) is 5.54. The Morgan fingerprint density at radius 3 is 2.48 bits per heavy atom. The molecule has 0 saturated carbocycles. The van der Waals surface area contributed by atoms with Gasteiger partial charge in [-0.25, -0.2) is 4.98 Å². The Hall–Kier alpha value is -4.06. The van der Waals surface area contributed by atoms with Crippen LogP contribution in [0, 0.1) is 0 Å². The predicted octanol–water partition coefficient (Wildman–Crippen LogP) is 5.63. The summed E-state index contributed by atoms with van der Waals surface area (Å²) in [5.41, 5.74) is 2.84. The normalized spacial score (nSPS) is 12.0.